The lowest BCUT2D eigenvalue weighted by Gasteiger charge is -2.25. The third-order valence-electron chi connectivity index (χ3n) is 6.16. The minimum Gasteiger partial charge on any atom is -0.493 e. The molecule has 0 bridgehead atoms. The fourth-order valence-corrected chi connectivity index (χ4v) is 5.56. The van der Waals surface area contributed by atoms with Gasteiger partial charge in [0.05, 0.1) is 26.5 Å². The zero-order valence-corrected chi connectivity index (χ0v) is 21.7. The van der Waals surface area contributed by atoms with Crippen molar-refractivity contribution < 1.29 is 31.1 Å². The first-order chi connectivity index (χ1) is 18.0. The van der Waals surface area contributed by atoms with Gasteiger partial charge in [0.1, 0.15) is 11.6 Å². The Morgan fingerprint density at radius 2 is 1.66 bits per heavy atom. The number of likely N-dealkylation sites (tertiary alicyclic amines) is 1. The molecule has 0 spiro atoms. The summed E-state index contributed by atoms with van der Waals surface area (Å²) >= 11 is 0. The van der Waals surface area contributed by atoms with Crippen molar-refractivity contribution in [2.75, 3.05) is 33.2 Å². The first-order valence-corrected chi connectivity index (χ1v) is 13.5. The molecule has 0 radical (unpaired) electrons. The number of alkyl halides is 3. The van der Waals surface area contributed by atoms with Crippen LogP contribution in [0.1, 0.15) is 30.5 Å². The van der Waals surface area contributed by atoms with Crippen molar-refractivity contribution in [2.24, 2.45) is 0 Å². The molecule has 0 aliphatic carbocycles. The molecule has 1 aliphatic heterocycles. The minimum absolute atomic E-state index is 0.0738. The number of rotatable bonds is 8. The van der Waals surface area contributed by atoms with Crippen LogP contribution in [0.25, 0.3) is 11.3 Å². The first-order valence-electron chi connectivity index (χ1n) is 11.8. The van der Waals surface area contributed by atoms with Crippen LogP contribution in [-0.2, 0) is 22.6 Å². The van der Waals surface area contributed by atoms with Gasteiger partial charge in [0.2, 0.25) is 15.0 Å². The van der Waals surface area contributed by atoms with Crippen LogP contribution in [0.2, 0.25) is 0 Å². The summed E-state index contributed by atoms with van der Waals surface area (Å²) in [5.74, 6) is 0.478. The van der Waals surface area contributed by atoms with E-state index in [0.717, 1.165) is 19.3 Å². The zero-order valence-electron chi connectivity index (χ0n) is 20.9. The van der Waals surface area contributed by atoms with Gasteiger partial charge in [-0.2, -0.15) is 13.2 Å². The van der Waals surface area contributed by atoms with Crippen LogP contribution in [0.4, 0.5) is 13.2 Å². The molecule has 3 aromatic rings. The van der Waals surface area contributed by atoms with Gasteiger partial charge in [-0.05, 0) is 55.8 Å². The number of halogens is 3. The SMILES string of the molecule is COc1ccc(Cn2cc(-c3cc(C(F)(F)F)nc(S(=O)(=O)CN4CCCCC4)n3)ccc2=O)cc1OC. The lowest BCUT2D eigenvalue weighted by atomic mass is 10.1. The largest absolute Gasteiger partial charge is 0.493 e. The van der Waals surface area contributed by atoms with Crippen molar-refractivity contribution in [3.05, 3.63) is 64.2 Å². The number of benzene rings is 1. The third kappa shape index (κ3) is 6.33. The molecule has 9 nitrogen and oxygen atoms in total. The molecule has 0 N–H and O–H groups in total. The molecule has 0 unspecified atom stereocenters. The van der Waals surface area contributed by atoms with Gasteiger partial charge in [-0.3, -0.25) is 9.69 Å². The third-order valence-corrected chi connectivity index (χ3v) is 7.60. The molecule has 0 amide bonds. The molecule has 4 rings (SSSR count). The summed E-state index contributed by atoms with van der Waals surface area (Å²) in [7, 11) is -1.28. The number of hydrogen-bond acceptors (Lipinski definition) is 8. The Hall–Kier alpha value is -3.45. The van der Waals surface area contributed by atoms with E-state index in [1.54, 1.807) is 23.1 Å². The fourth-order valence-electron chi connectivity index (χ4n) is 4.23. The van der Waals surface area contributed by atoms with Crippen LogP contribution in [-0.4, -0.2) is 61.0 Å². The van der Waals surface area contributed by atoms with Crippen molar-refractivity contribution in [1.29, 1.82) is 0 Å². The predicted octanol–water partition coefficient (Wildman–Crippen LogP) is 3.61. The predicted molar refractivity (Wildman–Crippen MR) is 133 cm³/mol. The summed E-state index contributed by atoms with van der Waals surface area (Å²) in [5.41, 5.74) is -1.24. The van der Waals surface area contributed by atoms with Gasteiger partial charge in [0.15, 0.2) is 11.5 Å². The maximum Gasteiger partial charge on any atom is 0.433 e. The van der Waals surface area contributed by atoms with E-state index in [1.807, 2.05) is 0 Å². The first kappa shape index (κ1) is 27.6. The quantitative estimate of drug-likeness (QED) is 0.391. The number of piperidine rings is 1. The molecular formula is C25H27F3N4O5S. The van der Waals surface area contributed by atoms with Crippen LogP contribution in [0.3, 0.4) is 0 Å². The number of methoxy groups -OCH3 is 2. The van der Waals surface area contributed by atoms with Gasteiger partial charge in [-0.1, -0.05) is 12.5 Å². The smallest absolute Gasteiger partial charge is 0.433 e. The van der Waals surface area contributed by atoms with Gasteiger partial charge in [0, 0.05) is 17.8 Å². The van der Waals surface area contributed by atoms with Gasteiger partial charge in [-0.25, -0.2) is 18.4 Å². The Kier molecular flexibility index (Phi) is 8.07. The Bertz CT molecular complexity index is 1470. The average Bonchev–Trinajstić information content (AvgIpc) is 2.89. The van der Waals surface area contributed by atoms with E-state index in [1.165, 1.54) is 37.1 Å². The van der Waals surface area contributed by atoms with Crippen molar-refractivity contribution in [3.8, 4) is 22.8 Å². The summed E-state index contributed by atoms with van der Waals surface area (Å²) < 4.78 is 78.9. The average molecular weight is 553 g/mol. The van der Waals surface area contributed by atoms with E-state index in [9.17, 15) is 26.4 Å². The molecule has 204 valence electrons. The molecule has 2 aromatic heterocycles. The number of hydrogen-bond donors (Lipinski definition) is 0. The minimum atomic E-state index is -4.90. The monoisotopic (exact) mass is 552 g/mol. The highest BCUT2D eigenvalue weighted by Crippen LogP contribution is 2.32. The van der Waals surface area contributed by atoms with Crippen LogP contribution in [0, 0.1) is 0 Å². The second-order valence-electron chi connectivity index (χ2n) is 8.91. The lowest BCUT2D eigenvalue weighted by molar-refractivity contribution is -0.141. The van der Waals surface area contributed by atoms with Crippen LogP contribution < -0.4 is 15.0 Å². The second kappa shape index (κ2) is 11.1. The van der Waals surface area contributed by atoms with E-state index >= 15 is 0 Å². The molecule has 0 saturated carbocycles. The van der Waals surface area contributed by atoms with E-state index in [2.05, 4.69) is 9.97 Å². The highest BCUT2D eigenvalue weighted by Gasteiger charge is 2.36. The Morgan fingerprint density at radius 3 is 2.32 bits per heavy atom. The van der Waals surface area contributed by atoms with E-state index in [4.69, 9.17) is 9.47 Å². The maximum atomic E-state index is 13.7. The van der Waals surface area contributed by atoms with Crippen molar-refractivity contribution >= 4 is 9.84 Å². The molecule has 3 heterocycles. The number of nitrogens with zero attached hydrogens (tertiary/aromatic N) is 4. The molecule has 38 heavy (non-hydrogen) atoms. The molecule has 0 atom stereocenters. The van der Waals surface area contributed by atoms with Gasteiger partial charge >= 0.3 is 6.18 Å². The topological polar surface area (TPSA) is 104 Å². The van der Waals surface area contributed by atoms with Crippen LogP contribution in [0.15, 0.2) is 52.5 Å². The standard InChI is InChI=1S/C25H27F3N4O5S/c1-36-20-8-6-17(12-21(20)37-2)14-32-15-18(7-9-23(32)33)19-13-22(25(26,27)28)30-24(29-19)38(34,35)16-31-10-4-3-5-11-31/h6-9,12-13,15H,3-5,10-11,14,16H2,1-2H3. The van der Waals surface area contributed by atoms with E-state index < -0.39 is 38.3 Å². The number of sulfone groups is 1. The Balaban J connectivity index is 1.73. The highest BCUT2D eigenvalue weighted by atomic mass is 32.2. The molecule has 1 saturated heterocycles. The summed E-state index contributed by atoms with van der Waals surface area (Å²) in [4.78, 5) is 21.6. The maximum absolute atomic E-state index is 13.7. The summed E-state index contributed by atoms with van der Waals surface area (Å²) in [6.45, 7) is 1.14. The Morgan fingerprint density at radius 1 is 0.947 bits per heavy atom. The normalized spacial score (nSPS) is 14.9. The second-order valence-corrected chi connectivity index (χ2v) is 10.8. The van der Waals surface area contributed by atoms with Gasteiger partial charge in [0.25, 0.3) is 5.56 Å². The van der Waals surface area contributed by atoms with E-state index in [0.29, 0.717) is 36.2 Å². The zero-order chi connectivity index (χ0) is 27.5. The van der Waals surface area contributed by atoms with Crippen LogP contribution >= 0.6 is 0 Å². The molecule has 1 aromatic carbocycles. The number of aromatic nitrogens is 3. The van der Waals surface area contributed by atoms with Gasteiger partial charge < -0.3 is 14.0 Å². The van der Waals surface area contributed by atoms with Crippen LogP contribution in [0.5, 0.6) is 11.5 Å². The summed E-state index contributed by atoms with van der Waals surface area (Å²) in [5, 5.41) is -0.898. The Labute approximate surface area is 217 Å². The molecule has 13 heteroatoms. The summed E-state index contributed by atoms with van der Waals surface area (Å²) in [6.07, 6.45) is -0.971. The number of pyridine rings is 1. The molecular weight excluding hydrogens is 525 g/mol. The van der Waals surface area contributed by atoms with Crippen molar-refractivity contribution in [1.82, 2.24) is 19.4 Å². The van der Waals surface area contributed by atoms with Crippen molar-refractivity contribution in [2.45, 2.75) is 37.1 Å². The van der Waals surface area contributed by atoms with Gasteiger partial charge in [-0.15, -0.1) is 0 Å². The number of ether oxygens (including phenoxy) is 2. The fraction of sp³-hybridized carbons (Fsp3) is 0.400. The van der Waals surface area contributed by atoms with Crippen molar-refractivity contribution in [3.63, 3.8) is 0 Å². The lowest BCUT2D eigenvalue weighted by Crippen LogP contribution is -2.35. The molecule has 1 fully saturated rings. The van der Waals surface area contributed by atoms with E-state index in [-0.39, 0.29) is 17.8 Å². The molecule has 1 aliphatic rings. The summed E-state index contributed by atoms with van der Waals surface area (Å²) in [6, 6.07) is 8.24. The highest BCUT2D eigenvalue weighted by molar-refractivity contribution is 7.91.